The number of nitrogens with one attached hydrogen (secondary N) is 2. The van der Waals surface area contributed by atoms with Crippen molar-refractivity contribution in [1.82, 2.24) is 9.97 Å². The molecule has 6 nitrogen and oxygen atoms in total. The van der Waals surface area contributed by atoms with Crippen molar-refractivity contribution in [2.24, 2.45) is 0 Å². The maximum atomic E-state index is 12.2. The number of hydrogen-bond donors (Lipinski definition) is 2. The molecule has 2 N–H and O–H groups in total. The highest BCUT2D eigenvalue weighted by molar-refractivity contribution is 6.32. The molecule has 4 rings (SSSR count). The van der Waals surface area contributed by atoms with Gasteiger partial charge in [-0.1, -0.05) is 54.1 Å². The third-order valence-corrected chi connectivity index (χ3v) is 5.13. The minimum atomic E-state index is -0.0678. The molecule has 0 aliphatic heterocycles. The Morgan fingerprint density at radius 2 is 1.61 bits per heavy atom. The van der Waals surface area contributed by atoms with Gasteiger partial charge in [-0.15, -0.1) is 0 Å². The van der Waals surface area contributed by atoms with Gasteiger partial charge < -0.3 is 15.4 Å². The first kappa shape index (κ1) is 22.3. The van der Waals surface area contributed by atoms with Crippen LogP contribution >= 0.6 is 11.6 Å². The van der Waals surface area contributed by atoms with Crippen molar-refractivity contribution in [3.05, 3.63) is 96.3 Å². The first-order chi connectivity index (χ1) is 16.2. The van der Waals surface area contributed by atoms with Crippen LogP contribution in [0.2, 0.25) is 5.02 Å². The monoisotopic (exact) mass is 458 g/mol. The standard InChI is InChI=1S/C26H23ClN4O2/c27-22-9-4-5-10-24(22)33-16-6-11-26(32)31-21-14-12-20(13-15-21)30-25-17-23(28-18-29-25)19-7-2-1-3-8-19/h1-5,7-10,12-15,17-18H,6,11,16H2,(H,31,32)(H,28,29,30). The molecule has 0 saturated carbocycles. The van der Waals surface area contributed by atoms with E-state index in [1.54, 1.807) is 6.07 Å². The van der Waals surface area contributed by atoms with Crippen LogP contribution in [0, 0.1) is 0 Å². The van der Waals surface area contributed by atoms with Crippen LogP contribution in [0.15, 0.2) is 91.3 Å². The highest BCUT2D eigenvalue weighted by Gasteiger charge is 2.06. The molecule has 3 aromatic carbocycles. The number of aromatic nitrogens is 2. The summed E-state index contributed by atoms with van der Waals surface area (Å²) < 4.78 is 5.62. The number of para-hydroxylation sites is 1. The Morgan fingerprint density at radius 1 is 0.879 bits per heavy atom. The quantitative estimate of drug-likeness (QED) is 0.286. The maximum Gasteiger partial charge on any atom is 0.224 e. The lowest BCUT2D eigenvalue weighted by Crippen LogP contribution is -2.12. The molecule has 0 aliphatic carbocycles. The molecule has 0 saturated heterocycles. The summed E-state index contributed by atoms with van der Waals surface area (Å²) in [4.78, 5) is 20.8. The number of nitrogens with zero attached hydrogens (tertiary/aromatic N) is 2. The van der Waals surface area contributed by atoms with Crippen molar-refractivity contribution in [3.8, 4) is 17.0 Å². The molecule has 4 aromatic rings. The first-order valence-corrected chi connectivity index (χ1v) is 11.0. The second kappa shape index (κ2) is 11.1. The van der Waals surface area contributed by atoms with Crippen molar-refractivity contribution in [2.45, 2.75) is 12.8 Å². The average molecular weight is 459 g/mol. The SMILES string of the molecule is O=C(CCCOc1ccccc1Cl)Nc1ccc(Nc2cc(-c3ccccc3)ncn2)cc1. The summed E-state index contributed by atoms with van der Waals surface area (Å²) in [5, 5.41) is 6.73. The van der Waals surface area contributed by atoms with E-state index in [4.69, 9.17) is 16.3 Å². The van der Waals surface area contributed by atoms with Gasteiger partial charge in [0.05, 0.1) is 17.3 Å². The van der Waals surface area contributed by atoms with E-state index < -0.39 is 0 Å². The summed E-state index contributed by atoms with van der Waals surface area (Å²) >= 11 is 6.06. The lowest BCUT2D eigenvalue weighted by molar-refractivity contribution is -0.116. The van der Waals surface area contributed by atoms with Gasteiger partial charge in [0, 0.05) is 29.4 Å². The number of carbonyl (C=O) groups is 1. The average Bonchev–Trinajstić information content (AvgIpc) is 2.85. The van der Waals surface area contributed by atoms with E-state index in [1.807, 2.05) is 78.9 Å². The molecule has 33 heavy (non-hydrogen) atoms. The summed E-state index contributed by atoms with van der Waals surface area (Å²) in [6, 6.07) is 26.6. The van der Waals surface area contributed by atoms with Crippen molar-refractivity contribution >= 4 is 34.7 Å². The fourth-order valence-electron chi connectivity index (χ4n) is 3.18. The summed E-state index contributed by atoms with van der Waals surface area (Å²) in [7, 11) is 0. The number of hydrogen-bond acceptors (Lipinski definition) is 5. The van der Waals surface area contributed by atoms with Gasteiger partial charge in [-0.05, 0) is 42.8 Å². The molecule has 166 valence electrons. The van der Waals surface area contributed by atoms with Crippen molar-refractivity contribution in [2.75, 3.05) is 17.2 Å². The van der Waals surface area contributed by atoms with E-state index in [2.05, 4.69) is 20.6 Å². The van der Waals surface area contributed by atoms with E-state index in [9.17, 15) is 4.79 Å². The molecule has 0 aliphatic rings. The molecule has 1 amide bonds. The molecule has 0 spiro atoms. The predicted molar refractivity (Wildman–Crippen MR) is 132 cm³/mol. The van der Waals surface area contributed by atoms with E-state index in [0.29, 0.717) is 36.0 Å². The predicted octanol–water partition coefficient (Wildman–Crippen LogP) is 6.34. The zero-order valence-corrected chi connectivity index (χ0v) is 18.6. The summed E-state index contributed by atoms with van der Waals surface area (Å²) in [5.74, 6) is 1.25. The minimum absolute atomic E-state index is 0.0678. The number of rotatable bonds is 9. The van der Waals surface area contributed by atoms with Crippen molar-refractivity contribution in [3.63, 3.8) is 0 Å². The zero-order valence-electron chi connectivity index (χ0n) is 17.9. The van der Waals surface area contributed by atoms with E-state index in [-0.39, 0.29) is 5.91 Å². The van der Waals surface area contributed by atoms with E-state index >= 15 is 0 Å². The van der Waals surface area contributed by atoms with Crippen LogP contribution in [0.5, 0.6) is 5.75 Å². The smallest absolute Gasteiger partial charge is 0.224 e. The number of anilines is 3. The van der Waals surface area contributed by atoms with Gasteiger partial charge in [0.15, 0.2) is 0 Å². The first-order valence-electron chi connectivity index (χ1n) is 10.6. The number of carbonyl (C=O) groups excluding carboxylic acids is 1. The fourth-order valence-corrected chi connectivity index (χ4v) is 3.37. The van der Waals surface area contributed by atoms with Gasteiger partial charge >= 0.3 is 0 Å². The lowest BCUT2D eigenvalue weighted by atomic mass is 10.1. The lowest BCUT2D eigenvalue weighted by Gasteiger charge is -2.10. The fraction of sp³-hybridized carbons (Fsp3) is 0.115. The normalized spacial score (nSPS) is 10.5. The Kier molecular flexibility index (Phi) is 7.51. The summed E-state index contributed by atoms with van der Waals surface area (Å²) in [6.07, 6.45) is 2.48. The van der Waals surface area contributed by atoms with E-state index in [0.717, 1.165) is 22.6 Å². The van der Waals surface area contributed by atoms with Crippen molar-refractivity contribution in [1.29, 1.82) is 0 Å². The Balaban J connectivity index is 1.25. The third kappa shape index (κ3) is 6.54. The molecule has 0 fully saturated rings. The summed E-state index contributed by atoms with van der Waals surface area (Å²) in [5.41, 5.74) is 3.46. The van der Waals surface area contributed by atoms with Crippen LogP contribution in [0.25, 0.3) is 11.3 Å². The Bertz CT molecular complexity index is 1200. The Hall–Kier alpha value is -3.90. The topological polar surface area (TPSA) is 76.1 Å². The van der Waals surface area contributed by atoms with Gasteiger partial charge in [0.1, 0.15) is 17.9 Å². The molecule has 7 heteroatoms. The van der Waals surface area contributed by atoms with Gasteiger partial charge in [-0.3, -0.25) is 4.79 Å². The van der Waals surface area contributed by atoms with Crippen LogP contribution < -0.4 is 15.4 Å². The number of amides is 1. The number of ether oxygens (including phenoxy) is 1. The number of halogens is 1. The Morgan fingerprint density at radius 3 is 2.39 bits per heavy atom. The Labute approximate surface area is 197 Å². The van der Waals surface area contributed by atoms with Crippen LogP contribution in [0.1, 0.15) is 12.8 Å². The van der Waals surface area contributed by atoms with Gasteiger partial charge in [0.2, 0.25) is 5.91 Å². The molecule has 0 bridgehead atoms. The molecule has 0 unspecified atom stereocenters. The highest BCUT2D eigenvalue weighted by atomic mass is 35.5. The molecule has 0 radical (unpaired) electrons. The minimum Gasteiger partial charge on any atom is -0.492 e. The maximum absolute atomic E-state index is 12.2. The van der Waals surface area contributed by atoms with E-state index in [1.165, 1.54) is 6.33 Å². The molecule has 1 heterocycles. The van der Waals surface area contributed by atoms with Gasteiger partial charge in [-0.25, -0.2) is 9.97 Å². The molecule has 1 aromatic heterocycles. The van der Waals surface area contributed by atoms with Crippen LogP contribution in [-0.4, -0.2) is 22.5 Å². The van der Waals surface area contributed by atoms with Crippen LogP contribution in [-0.2, 0) is 4.79 Å². The van der Waals surface area contributed by atoms with Gasteiger partial charge in [-0.2, -0.15) is 0 Å². The largest absolute Gasteiger partial charge is 0.492 e. The molecular formula is C26H23ClN4O2. The van der Waals surface area contributed by atoms with Crippen LogP contribution in [0.3, 0.4) is 0 Å². The van der Waals surface area contributed by atoms with Crippen LogP contribution in [0.4, 0.5) is 17.2 Å². The second-order valence-electron chi connectivity index (χ2n) is 7.29. The molecule has 0 atom stereocenters. The van der Waals surface area contributed by atoms with Crippen molar-refractivity contribution < 1.29 is 9.53 Å². The molecular weight excluding hydrogens is 436 g/mol. The zero-order chi connectivity index (χ0) is 22.9. The number of benzene rings is 3. The highest BCUT2D eigenvalue weighted by Crippen LogP contribution is 2.24. The second-order valence-corrected chi connectivity index (χ2v) is 7.69. The third-order valence-electron chi connectivity index (χ3n) is 4.82. The van der Waals surface area contributed by atoms with Gasteiger partial charge in [0.25, 0.3) is 0 Å². The summed E-state index contributed by atoms with van der Waals surface area (Å²) in [6.45, 7) is 0.421.